The Labute approximate surface area is 110 Å². The molecule has 0 fully saturated rings. The minimum absolute atomic E-state index is 0.0503. The number of anilines is 1. The first-order chi connectivity index (χ1) is 9.20. The quantitative estimate of drug-likeness (QED) is 0.877. The molecule has 0 bridgehead atoms. The molecule has 19 heavy (non-hydrogen) atoms. The molecule has 0 atom stereocenters. The van der Waals surface area contributed by atoms with Crippen molar-refractivity contribution in [3.8, 4) is 0 Å². The van der Waals surface area contributed by atoms with E-state index < -0.39 is 5.97 Å². The number of rotatable bonds is 5. The number of nitrogens with zero attached hydrogens (tertiary/aromatic N) is 4. The van der Waals surface area contributed by atoms with Crippen LogP contribution in [0.4, 0.5) is 5.82 Å². The van der Waals surface area contributed by atoms with E-state index in [1.54, 1.807) is 18.6 Å². The Kier molecular flexibility index (Phi) is 4.02. The van der Waals surface area contributed by atoms with Crippen LogP contribution in [0.3, 0.4) is 0 Å². The van der Waals surface area contributed by atoms with Crippen LogP contribution in [0.15, 0.2) is 36.9 Å². The summed E-state index contributed by atoms with van der Waals surface area (Å²) in [5.41, 5.74) is 1.03. The molecule has 2 aromatic rings. The van der Waals surface area contributed by atoms with Crippen LogP contribution in [0, 0.1) is 0 Å². The van der Waals surface area contributed by atoms with Gasteiger partial charge < -0.3 is 10.0 Å². The van der Waals surface area contributed by atoms with E-state index in [9.17, 15) is 4.79 Å². The fourth-order valence-electron chi connectivity index (χ4n) is 1.67. The average molecular weight is 258 g/mol. The van der Waals surface area contributed by atoms with Crippen LogP contribution in [0.5, 0.6) is 0 Å². The molecule has 0 aromatic carbocycles. The van der Waals surface area contributed by atoms with Gasteiger partial charge in [0.2, 0.25) is 0 Å². The first-order valence-electron chi connectivity index (χ1n) is 5.90. The van der Waals surface area contributed by atoms with Gasteiger partial charge in [0.1, 0.15) is 5.82 Å². The van der Waals surface area contributed by atoms with E-state index in [-0.39, 0.29) is 5.69 Å². The molecule has 0 spiro atoms. The van der Waals surface area contributed by atoms with Crippen LogP contribution >= 0.6 is 0 Å². The zero-order valence-electron chi connectivity index (χ0n) is 10.5. The lowest BCUT2D eigenvalue weighted by atomic mass is 10.2. The van der Waals surface area contributed by atoms with Crippen molar-refractivity contribution < 1.29 is 9.90 Å². The van der Waals surface area contributed by atoms with E-state index >= 15 is 0 Å². The SMILES string of the molecule is CCN(Cc1ccncc1)c1cncc(C(=O)O)n1. The molecule has 0 unspecified atom stereocenters. The van der Waals surface area contributed by atoms with Crippen molar-refractivity contribution in [3.05, 3.63) is 48.2 Å². The maximum atomic E-state index is 10.9. The lowest BCUT2D eigenvalue weighted by Gasteiger charge is -2.21. The Morgan fingerprint density at radius 3 is 2.63 bits per heavy atom. The topological polar surface area (TPSA) is 79.2 Å². The van der Waals surface area contributed by atoms with Crippen molar-refractivity contribution in [2.24, 2.45) is 0 Å². The third-order valence-electron chi connectivity index (χ3n) is 2.67. The van der Waals surface area contributed by atoms with Crippen LogP contribution in [0.25, 0.3) is 0 Å². The Morgan fingerprint density at radius 1 is 1.26 bits per heavy atom. The van der Waals surface area contributed by atoms with E-state index in [1.165, 1.54) is 6.20 Å². The van der Waals surface area contributed by atoms with Gasteiger partial charge in [-0.1, -0.05) is 0 Å². The van der Waals surface area contributed by atoms with Gasteiger partial charge in [-0.3, -0.25) is 9.97 Å². The highest BCUT2D eigenvalue weighted by Gasteiger charge is 2.11. The first-order valence-corrected chi connectivity index (χ1v) is 5.90. The van der Waals surface area contributed by atoms with E-state index in [4.69, 9.17) is 5.11 Å². The van der Waals surface area contributed by atoms with Gasteiger partial charge in [0.05, 0.1) is 12.4 Å². The monoisotopic (exact) mass is 258 g/mol. The largest absolute Gasteiger partial charge is 0.476 e. The van der Waals surface area contributed by atoms with Crippen molar-refractivity contribution in [3.63, 3.8) is 0 Å². The minimum Gasteiger partial charge on any atom is -0.476 e. The fourth-order valence-corrected chi connectivity index (χ4v) is 1.67. The second-order valence-electron chi connectivity index (χ2n) is 3.94. The molecule has 6 nitrogen and oxygen atoms in total. The van der Waals surface area contributed by atoms with Gasteiger partial charge in [0.15, 0.2) is 5.69 Å². The van der Waals surface area contributed by atoms with Gasteiger partial charge >= 0.3 is 5.97 Å². The number of hydrogen-bond acceptors (Lipinski definition) is 5. The summed E-state index contributed by atoms with van der Waals surface area (Å²) in [6.45, 7) is 3.33. The third kappa shape index (κ3) is 3.25. The Morgan fingerprint density at radius 2 is 2.00 bits per heavy atom. The number of aromatic carboxylic acids is 1. The summed E-state index contributed by atoms with van der Waals surface area (Å²) in [5, 5.41) is 8.92. The normalized spacial score (nSPS) is 10.2. The number of carboxylic acids is 1. The molecule has 0 aliphatic carbocycles. The van der Waals surface area contributed by atoms with E-state index in [2.05, 4.69) is 15.0 Å². The Bertz CT molecular complexity index is 560. The van der Waals surface area contributed by atoms with Gasteiger partial charge in [-0.25, -0.2) is 9.78 Å². The van der Waals surface area contributed by atoms with Gasteiger partial charge in [0.25, 0.3) is 0 Å². The predicted molar refractivity (Wildman–Crippen MR) is 70.0 cm³/mol. The number of pyridine rings is 1. The minimum atomic E-state index is -1.07. The zero-order chi connectivity index (χ0) is 13.7. The molecule has 98 valence electrons. The predicted octanol–water partition coefficient (Wildman–Crippen LogP) is 1.60. The molecular formula is C13H14N4O2. The number of aromatic nitrogens is 3. The highest BCUT2D eigenvalue weighted by Crippen LogP contribution is 2.13. The Balaban J connectivity index is 2.22. The van der Waals surface area contributed by atoms with Crippen molar-refractivity contribution >= 4 is 11.8 Å². The molecule has 0 aliphatic heterocycles. The van der Waals surface area contributed by atoms with Gasteiger partial charge in [0, 0.05) is 25.5 Å². The molecule has 6 heteroatoms. The van der Waals surface area contributed by atoms with Crippen molar-refractivity contribution in [2.45, 2.75) is 13.5 Å². The lowest BCUT2D eigenvalue weighted by Crippen LogP contribution is -2.24. The molecule has 0 aliphatic rings. The molecule has 0 amide bonds. The second kappa shape index (κ2) is 5.90. The number of carboxylic acid groups (broad SMARTS) is 1. The summed E-state index contributed by atoms with van der Waals surface area (Å²) in [7, 11) is 0. The molecule has 0 saturated carbocycles. The molecule has 2 heterocycles. The highest BCUT2D eigenvalue weighted by molar-refractivity contribution is 5.85. The number of hydrogen-bond donors (Lipinski definition) is 1. The zero-order valence-corrected chi connectivity index (χ0v) is 10.5. The average Bonchev–Trinajstić information content (AvgIpc) is 2.46. The van der Waals surface area contributed by atoms with Crippen molar-refractivity contribution in [1.82, 2.24) is 15.0 Å². The van der Waals surface area contributed by atoms with Crippen LogP contribution in [-0.4, -0.2) is 32.6 Å². The standard InChI is InChI=1S/C13H14N4O2/c1-2-17(9-10-3-5-14-6-4-10)12-8-15-7-11(16-12)13(18)19/h3-8H,2,9H2,1H3,(H,18,19). The van der Waals surface area contributed by atoms with Crippen LogP contribution < -0.4 is 4.90 Å². The van der Waals surface area contributed by atoms with Crippen LogP contribution in [0.1, 0.15) is 23.0 Å². The van der Waals surface area contributed by atoms with Crippen LogP contribution in [0.2, 0.25) is 0 Å². The van der Waals surface area contributed by atoms with Gasteiger partial charge in [-0.2, -0.15) is 0 Å². The summed E-state index contributed by atoms with van der Waals surface area (Å²) in [4.78, 5) is 24.8. The van der Waals surface area contributed by atoms with Crippen molar-refractivity contribution in [2.75, 3.05) is 11.4 Å². The summed E-state index contributed by atoms with van der Waals surface area (Å²) in [5.74, 6) is -0.520. The summed E-state index contributed by atoms with van der Waals surface area (Å²) in [6, 6.07) is 3.83. The smallest absolute Gasteiger partial charge is 0.356 e. The van der Waals surface area contributed by atoms with Gasteiger partial charge in [-0.05, 0) is 24.6 Å². The molecular weight excluding hydrogens is 244 g/mol. The van der Waals surface area contributed by atoms with Crippen molar-refractivity contribution in [1.29, 1.82) is 0 Å². The third-order valence-corrected chi connectivity index (χ3v) is 2.67. The fraction of sp³-hybridized carbons (Fsp3) is 0.231. The summed E-state index contributed by atoms with van der Waals surface area (Å²) >= 11 is 0. The van der Waals surface area contributed by atoms with E-state index in [0.717, 1.165) is 5.56 Å². The Hall–Kier alpha value is -2.50. The molecule has 1 N–H and O–H groups in total. The number of carbonyl (C=O) groups is 1. The first kappa shape index (κ1) is 12.9. The maximum absolute atomic E-state index is 10.9. The van der Waals surface area contributed by atoms with Gasteiger partial charge in [-0.15, -0.1) is 0 Å². The maximum Gasteiger partial charge on any atom is 0.356 e. The highest BCUT2D eigenvalue weighted by atomic mass is 16.4. The molecule has 0 saturated heterocycles. The van der Waals surface area contributed by atoms with Crippen LogP contribution in [-0.2, 0) is 6.54 Å². The molecule has 2 aromatic heterocycles. The lowest BCUT2D eigenvalue weighted by molar-refractivity contribution is 0.0690. The second-order valence-corrected chi connectivity index (χ2v) is 3.94. The van der Waals surface area contributed by atoms with E-state index in [1.807, 2.05) is 24.0 Å². The van der Waals surface area contributed by atoms with E-state index in [0.29, 0.717) is 18.9 Å². The summed E-state index contributed by atoms with van der Waals surface area (Å²) in [6.07, 6.45) is 6.26. The molecule has 2 rings (SSSR count). The summed E-state index contributed by atoms with van der Waals surface area (Å²) < 4.78 is 0. The molecule has 0 radical (unpaired) electrons.